The van der Waals surface area contributed by atoms with Crippen LogP contribution in [0.1, 0.15) is 43.7 Å². The fourth-order valence-corrected chi connectivity index (χ4v) is 2.87. The quantitative estimate of drug-likeness (QED) is 0.843. The maximum absolute atomic E-state index is 5.42. The van der Waals surface area contributed by atoms with Crippen molar-refractivity contribution in [2.24, 2.45) is 5.73 Å². The first kappa shape index (κ1) is 14.1. The predicted octanol–water partition coefficient (Wildman–Crippen LogP) is 2.76. The monoisotopic (exact) mass is 256 g/mol. The molecule has 0 radical (unpaired) electrons. The zero-order chi connectivity index (χ0) is 13.5. The van der Waals surface area contributed by atoms with E-state index in [-0.39, 0.29) is 0 Å². The van der Waals surface area contributed by atoms with Crippen LogP contribution in [-0.2, 0) is 6.54 Å². The Kier molecular flexibility index (Phi) is 5.44. The van der Waals surface area contributed by atoms with Crippen LogP contribution in [0.4, 0.5) is 0 Å². The van der Waals surface area contributed by atoms with Crippen molar-refractivity contribution in [1.82, 2.24) is 4.90 Å². The van der Waals surface area contributed by atoms with Gasteiger partial charge in [0.15, 0.2) is 0 Å². The summed E-state index contributed by atoms with van der Waals surface area (Å²) in [7, 11) is 0. The molecule has 1 atom stereocenters. The van der Waals surface area contributed by atoms with E-state index in [1.54, 1.807) is 0 Å². The Morgan fingerprint density at radius 1 is 1.37 bits per heavy atom. The molecular weight excluding hydrogens is 232 g/mol. The summed E-state index contributed by atoms with van der Waals surface area (Å²) in [5, 5.41) is 0. The highest BCUT2D eigenvalue weighted by Crippen LogP contribution is 2.21. The molecule has 1 aliphatic rings. The van der Waals surface area contributed by atoms with Gasteiger partial charge in [0, 0.05) is 18.2 Å². The highest BCUT2D eigenvalue weighted by atomic mass is 15.2. The summed E-state index contributed by atoms with van der Waals surface area (Å²) in [4.78, 5) is 2.62. The number of hydrogen-bond acceptors (Lipinski definition) is 2. The van der Waals surface area contributed by atoms with Crippen LogP contribution in [0.3, 0.4) is 0 Å². The first-order chi connectivity index (χ1) is 9.33. The molecule has 102 valence electrons. The van der Waals surface area contributed by atoms with Gasteiger partial charge in [-0.1, -0.05) is 37.3 Å². The standard InChI is InChI=1S/C17H24N2/c1-2-17-10-3-4-12-19(17)14-16-8-5-7-15(13-16)9-6-11-18/h5,7-8,13,17H,2-4,10-12,14,18H2,1H3. The van der Waals surface area contributed by atoms with Crippen molar-refractivity contribution in [1.29, 1.82) is 0 Å². The third kappa shape index (κ3) is 4.09. The minimum Gasteiger partial charge on any atom is -0.320 e. The summed E-state index contributed by atoms with van der Waals surface area (Å²) in [5.74, 6) is 6.03. The number of likely N-dealkylation sites (tertiary alicyclic amines) is 1. The minimum atomic E-state index is 0.425. The number of rotatable bonds is 3. The topological polar surface area (TPSA) is 29.3 Å². The van der Waals surface area contributed by atoms with Gasteiger partial charge < -0.3 is 5.73 Å². The zero-order valence-electron chi connectivity index (χ0n) is 11.9. The fraction of sp³-hybridized carbons (Fsp3) is 0.529. The van der Waals surface area contributed by atoms with Gasteiger partial charge in [0.25, 0.3) is 0 Å². The number of benzene rings is 1. The van der Waals surface area contributed by atoms with E-state index in [1.807, 2.05) is 0 Å². The molecule has 2 nitrogen and oxygen atoms in total. The van der Waals surface area contributed by atoms with Crippen molar-refractivity contribution in [3.8, 4) is 11.8 Å². The Hall–Kier alpha value is -1.30. The highest BCUT2D eigenvalue weighted by molar-refractivity contribution is 5.37. The maximum atomic E-state index is 5.42. The molecule has 0 aliphatic carbocycles. The third-order valence-electron chi connectivity index (χ3n) is 3.87. The molecule has 19 heavy (non-hydrogen) atoms. The van der Waals surface area contributed by atoms with Crippen LogP contribution in [0.5, 0.6) is 0 Å². The molecule has 1 saturated heterocycles. The van der Waals surface area contributed by atoms with Gasteiger partial charge in [0.1, 0.15) is 0 Å². The molecule has 1 aromatic rings. The van der Waals surface area contributed by atoms with Gasteiger partial charge in [-0.3, -0.25) is 4.90 Å². The van der Waals surface area contributed by atoms with E-state index < -0.39 is 0 Å². The van der Waals surface area contributed by atoms with Crippen molar-refractivity contribution in [2.45, 2.75) is 45.2 Å². The van der Waals surface area contributed by atoms with E-state index in [9.17, 15) is 0 Å². The van der Waals surface area contributed by atoms with Gasteiger partial charge in [0.05, 0.1) is 6.54 Å². The van der Waals surface area contributed by atoms with E-state index in [2.05, 4.69) is 47.9 Å². The molecule has 0 bridgehead atoms. The summed E-state index contributed by atoms with van der Waals surface area (Å²) in [6.07, 6.45) is 5.33. The predicted molar refractivity (Wildman–Crippen MR) is 80.7 cm³/mol. The van der Waals surface area contributed by atoms with E-state index in [0.717, 1.165) is 18.2 Å². The highest BCUT2D eigenvalue weighted by Gasteiger charge is 2.20. The second-order valence-corrected chi connectivity index (χ2v) is 5.23. The molecule has 0 saturated carbocycles. The van der Waals surface area contributed by atoms with Crippen LogP contribution >= 0.6 is 0 Å². The van der Waals surface area contributed by atoms with Crippen LogP contribution in [0.15, 0.2) is 24.3 Å². The lowest BCUT2D eigenvalue weighted by Crippen LogP contribution is -2.38. The van der Waals surface area contributed by atoms with Gasteiger partial charge >= 0.3 is 0 Å². The Bertz CT molecular complexity index is 456. The van der Waals surface area contributed by atoms with Crippen LogP contribution in [0.2, 0.25) is 0 Å². The van der Waals surface area contributed by atoms with E-state index in [0.29, 0.717) is 6.54 Å². The number of nitrogens with two attached hydrogens (primary N) is 1. The van der Waals surface area contributed by atoms with Crippen molar-refractivity contribution in [2.75, 3.05) is 13.1 Å². The van der Waals surface area contributed by atoms with E-state index in [1.165, 1.54) is 37.8 Å². The number of nitrogens with zero attached hydrogens (tertiary/aromatic N) is 1. The lowest BCUT2D eigenvalue weighted by molar-refractivity contribution is 0.136. The van der Waals surface area contributed by atoms with Gasteiger partial charge in [0.2, 0.25) is 0 Å². The number of hydrogen-bond donors (Lipinski definition) is 1. The van der Waals surface area contributed by atoms with Gasteiger partial charge in [-0.25, -0.2) is 0 Å². The normalized spacial score (nSPS) is 19.8. The van der Waals surface area contributed by atoms with Crippen LogP contribution in [0.25, 0.3) is 0 Å². The summed E-state index contributed by atoms with van der Waals surface area (Å²) in [6, 6.07) is 9.31. The lowest BCUT2D eigenvalue weighted by Gasteiger charge is -2.35. The lowest BCUT2D eigenvalue weighted by atomic mass is 9.99. The molecule has 1 aromatic carbocycles. The van der Waals surface area contributed by atoms with Crippen LogP contribution in [-0.4, -0.2) is 24.0 Å². The molecule has 1 aliphatic heterocycles. The first-order valence-electron chi connectivity index (χ1n) is 7.35. The molecule has 1 fully saturated rings. The molecule has 0 amide bonds. The molecule has 0 aromatic heterocycles. The second kappa shape index (κ2) is 7.33. The molecular formula is C17H24N2. The molecule has 2 N–H and O–H groups in total. The Balaban J connectivity index is 2.05. The van der Waals surface area contributed by atoms with Gasteiger partial charge in [-0.15, -0.1) is 0 Å². The van der Waals surface area contributed by atoms with Crippen molar-refractivity contribution in [3.05, 3.63) is 35.4 Å². The summed E-state index contributed by atoms with van der Waals surface area (Å²) >= 11 is 0. The largest absolute Gasteiger partial charge is 0.320 e. The molecule has 2 rings (SSSR count). The molecule has 1 unspecified atom stereocenters. The van der Waals surface area contributed by atoms with Gasteiger partial charge in [-0.2, -0.15) is 0 Å². The van der Waals surface area contributed by atoms with Crippen molar-refractivity contribution in [3.63, 3.8) is 0 Å². The smallest absolute Gasteiger partial charge is 0.0555 e. The average molecular weight is 256 g/mol. The first-order valence-corrected chi connectivity index (χ1v) is 7.35. The van der Waals surface area contributed by atoms with Crippen molar-refractivity contribution < 1.29 is 0 Å². The summed E-state index contributed by atoms with van der Waals surface area (Å²) < 4.78 is 0. The van der Waals surface area contributed by atoms with Crippen LogP contribution in [0, 0.1) is 11.8 Å². The van der Waals surface area contributed by atoms with E-state index >= 15 is 0 Å². The SMILES string of the molecule is CCC1CCCCN1Cc1cccc(C#CCN)c1. The minimum absolute atomic E-state index is 0.425. The summed E-state index contributed by atoms with van der Waals surface area (Å²) in [6.45, 7) is 5.01. The second-order valence-electron chi connectivity index (χ2n) is 5.23. The zero-order valence-corrected chi connectivity index (χ0v) is 11.9. The maximum Gasteiger partial charge on any atom is 0.0555 e. The number of piperidine rings is 1. The average Bonchev–Trinajstić information content (AvgIpc) is 2.46. The van der Waals surface area contributed by atoms with Crippen LogP contribution < -0.4 is 5.73 Å². The molecule has 2 heteroatoms. The van der Waals surface area contributed by atoms with E-state index in [4.69, 9.17) is 5.73 Å². The molecule has 0 spiro atoms. The van der Waals surface area contributed by atoms with Gasteiger partial charge in [-0.05, 0) is 43.5 Å². The Morgan fingerprint density at radius 3 is 3.05 bits per heavy atom. The third-order valence-corrected chi connectivity index (χ3v) is 3.87. The fourth-order valence-electron chi connectivity index (χ4n) is 2.87. The Labute approximate surface area is 117 Å². The van der Waals surface area contributed by atoms with Crippen molar-refractivity contribution >= 4 is 0 Å². The summed E-state index contributed by atoms with van der Waals surface area (Å²) in [5.41, 5.74) is 7.86. The molecule has 1 heterocycles. The Morgan fingerprint density at radius 2 is 2.26 bits per heavy atom.